The summed E-state index contributed by atoms with van der Waals surface area (Å²) in [6.07, 6.45) is 3.87. The second-order valence-corrected chi connectivity index (χ2v) is 5.31. The van der Waals surface area contributed by atoms with Crippen LogP contribution in [0.2, 0.25) is 0 Å². The van der Waals surface area contributed by atoms with Gasteiger partial charge in [0.1, 0.15) is 5.82 Å². The molecule has 0 radical (unpaired) electrons. The number of hydrogen-bond acceptors (Lipinski definition) is 2. The molecule has 1 aromatic rings. The first-order chi connectivity index (χ1) is 8.24. The lowest BCUT2D eigenvalue weighted by atomic mass is 10.1. The Morgan fingerprint density at radius 3 is 2.94 bits per heavy atom. The second-order valence-electron chi connectivity index (χ2n) is 4.40. The van der Waals surface area contributed by atoms with Crippen LogP contribution in [0.3, 0.4) is 0 Å². The molecular weight excluding hydrogens is 285 g/mol. The molecule has 1 saturated heterocycles. The lowest BCUT2D eigenvalue weighted by molar-refractivity contribution is 0.0168. The molecule has 0 amide bonds. The van der Waals surface area contributed by atoms with Crippen molar-refractivity contribution in [1.29, 1.82) is 0 Å². The molecule has 94 valence electrons. The molecule has 1 heterocycles. The molecule has 0 aromatic heterocycles. The summed E-state index contributed by atoms with van der Waals surface area (Å²) >= 11 is 3.29. The van der Waals surface area contributed by atoms with E-state index in [1.54, 1.807) is 6.07 Å². The number of rotatable bonds is 4. The third kappa shape index (κ3) is 4.37. The van der Waals surface area contributed by atoms with Gasteiger partial charge in [0.2, 0.25) is 0 Å². The van der Waals surface area contributed by atoms with Crippen molar-refractivity contribution in [2.45, 2.75) is 31.9 Å². The predicted octanol–water partition coefficient (Wildman–Crippen LogP) is 3.25. The minimum atomic E-state index is -0.204. The van der Waals surface area contributed by atoms with E-state index in [0.717, 1.165) is 29.6 Å². The summed E-state index contributed by atoms with van der Waals surface area (Å²) < 4.78 is 19.5. The largest absolute Gasteiger partial charge is 0.377 e. The zero-order valence-electron chi connectivity index (χ0n) is 9.72. The van der Waals surface area contributed by atoms with Crippen molar-refractivity contribution >= 4 is 15.9 Å². The van der Waals surface area contributed by atoms with E-state index in [2.05, 4.69) is 21.2 Å². The van der Waals surface area contributed by atoms with Gasteiger partial charge in [-0.25, -0.2) is 4.39 Å². The molecule has 17 heavy (non-hydrogen) atoms. The smallest absolute Gasteiger partial charge is 0.124 e. The highest BCUT2D eigenvalue weighted by atomic mass is 79.9. The average molecular weight is 302 g/mol. The van der Waals surface area contributed by atoms with Crippen LogP contribution in [0.1, 0.15) is 24.8 Å². The van der Waals surface area contributed by atoms with Crippen molar-refractivity contribution in [1.82, 2.24) is 5.32 Å². The van der Waals surface area contributed by atoms with Gasteiger partial charge >= 0.3 is 0 Å². The maximum atomic E-state index is 13.1. The van der Waals surface area contributed by atoms with Crippen LogP contribution in [0.4, 0.5) is 4.39 Å². The van der Waals surface area contributed by atoms with Crippen molar-refractivity contribution in [3.8, 4) is 0 Å². The monoisotopic (exact) mass is 301 g/mol. The molecule has 1 unspecified atom stereocenters. The molecule has 0 spiro atoms. The summed E-state index contributed by atoms with van der Waals surface area (Å²) in [7, 11) is 0. The third-order valence-corrected chi connectivity index (χ3v) is 3.36. The fourth-order valence-electron chi connectivity index (χ4n) is 2.06. The summed E-state index contributed by atoms with van der Waals surface area (Å²) in [6.45, 7) is 2.39. The first-order valence-corrected chi connectivity index (χ1v) is 6.80. The fourth-order valence-corrected chi connectivity index (χ4v) is 2.57. The van der Waals surface area contributed by atoms with Gasteiger partial charge in [0, 0.05) is 24.2 Å². The van der Waals surface area contributed by atoms with E-state index in [9.17, 15) is 4.39 Å². The topological polar surface area (TPSA) is 21.3 Å². The number of hydrogen-bond donors (Lipinski definition) is 1. The fraction of sp³-hybridized carbons (Fsp3) is 0.538. The molecule has 1 aromatic carbocycles. The Labute approximate surface area is 110 Å². The zero-order valence-corrected chi connectivity index (χ0v) is 11.3. The molecule has 2 nitrogen and oxygen atoms in total. The minimum absolute atomic E-state index is 0.204. The Morgan fingerprint density at radius 1 is 1.35 bits per heavy atom. The highest BCUT2D eigenvalue weighted by Gasteiger charge is 2.12. The SMILES string of the molecule is Fc1cc(Br)cc(CNCC2CCCCO2)c1. The number of halogens is 2. The van der Waals surface area contributed by atoms with Gasteiger partial charge < -0.3 is 10.1 Å². The van der Waals surface area contributed by atoms with Crippen LogP contribution in [-0.4, -0.2) is 19.3 Å². The maximum absolute atomic E-state index is 13.1. The van der Waals surface area contributed by atoms with Crippen LogP contribution in [0, 0.1) is 5.82 Å². The Bertz CT molecular complexity index is 346. The van der Waals surface area contributed by atoms with Gasteiger partial charge in [-0.1, -0.05) is 15.9 Å². The first kappa shape index (κ1) is 13.0. The Morgan fingerprint density at radius 2 is 2.24 bits per heavy atom. The highest BCUT2D eigenvalue weighted by molar-refractivity contribution is 9.10. The summed E-state index contributed by atoms with van der Waals surface area (Å²) in [4.78, 5) is 0. The molecule has 0 aliphatic carbocycles. The van der Waals surface area contributed by atoms with Crippen molar-refractivity contribution < 1.29 is 9.13 Å². The van der Waals surface area contributed by atoms with E-state index in [-0.39, 0.29) is 5.82 Å². The molecule has 2 rings (SSSR count). The van der Waals surface area contributed by atoms with Crippen molar-refractivity contribution in [2.24, 2.45) is 0 Å². The Hall–Kier alpha value is -0.450. The number of ether oxygens (including phenoxy) is 1. The quantitative estimate of drug-likeness (QED) is 0.922. The maximum Gasteiger partial charge on any atom is 0.124 e. The van der Waals surface area contributed by atoms with E-state index in [4.69, 9.17) is 4.74 Å². The molecule has 1 aliphatic heterocycles. The second kappa shape index (κ2) is 6.47. The van der Waals surface area contributed by atoms with Crippen LogP contribution in [-0.2, 0) is 11.3 Å². The molecule has 1 N–H and O–H groups in total. The lowest BCUT2D eigenvalue weighted by Crippen LogP contribution is -2.31. The molecular formula is C13H17BrFNO. The minimum Gasteiger partial charge on any atom is -0.377 e. The van der Waals surface area contributed by atoms with E-state index in [0.29, 0.717) is 12.6 Å². The van der Waals surface area contributed by atoms with Crippen LogP contribution in [0.15, 0.2) is 22.7 Å². The summed E-state index contributed by atoms with van der Waals surface area (Å²) in [5.74, 6) is -0.204. The molecule has 1 aliphatic rings. The van der Waals surface area contributed by atoms with E-state index in [1.807, 2.05) is 6.07 Å². The Kier molecular flexibility index (Phi) is 4.95. The van der Waals surface area contributed by atoms with Gasteiger partial charge in [-0.3, -0.25) is 0 Å². The molecule has 0 bridgehead atoms. The molecule has 4 heteroatoms. The van der Waals surface area contributed by atoms with Gasteiger partial charge in [-0.15, -0.1) is 0 Å². The summed E-state index contributed by atoms with van der Waals surface area (Å²) in [6, 6.07) is 4.95. The van der Waals surface area contributed by atoms with E-state index < -0.39 is 0 Å². The summed E-state index contributed by atoms with van der Waals surface area (Å²) in [5, 5.41) is 3.31. The molecule has 0 saturated carbocycles. The zero-order chi connectivity index (χ0) is 12.1. The van der Waals surface area contributed by atoms with Crippen molar-refractivity contribution in [2.75, 3.05) is 13.2 Å². The van der Waals surface area contributed by atoms with Crippen LogP contribution in [0.25, 0.3) is 0 Å². The normalized spacial score (nSPS) is 20.5. The predicted molar refractivity (Wildman–Crippen MR) is 69.4 cm³/mol. The van der Waals surface area contributed by atoms with Gasteiger partial charge in [-0.05, 0) is 43.0 Å². The van der Waals surface area contributed by atoms with Gasteiger partial charge in [0.15, 0.2) is 0 Å². The molecule has 1 fully saturated rings. The molecule has 1 atom stereocenters. The standard InChI is InChI=1S/C13H17BrFNO/c14-11-5-10(6-12(15)7-11)8-16-9-13-3-1-2-4-17-13/h5-7,13,16H,1-4,8-9H2. The third-order valence-electron chi connectivity index (χ3n) is 2.90. The summed E-state index contributed by atoms with van der Waals surface area (Å²) in [5.41, 5.74) is 0.952. The van der Waals surface area contributed by atoms with Crippen LogP contribution >= 0.6 is 15.9 Å². The van der Waals surface area contributed by atoms with Crippen LogP contribution < -0.4 is 5.32 Å². The first-order valence-electron chi connectivity index (χ1n) is 6.01. The van der Waals surface area contributed by atoms with E-state index >= 15 is 0 Å². The van der Waals surface area contributed by atoms with Crippen molar-refractivity contribution in [3.05, 3.63) is 34.1 Å². The number of benzene rings is 1. The number of nitrogens with one attached hydrogen (secondary N) is 1. The average Bonchev–Trinajstić information content (AvgIpc) is 2.29. The highest BCUT2D eigenvalue weighted by Crippen LogP contribution is 2.15. The van der Waals surface area contributed by atoms with Gasteiger partial charge in [0.25, 0.3) is 0 Å². The lowest BCUT2D eigenvalue weighted by Gasteiger charge is -2.22. The van der Waals surface area contributed by atoms with Crippen molar-refractivity contribution in [3.63, 3.8) is 0 Å². The van der Waals surface area contributed by atoms with Gasteiger partial charge in [0.05, 0.1) is 6.10 Å². The van der Waals surface area contributed by atoms with Gasteiger partial charge in [-0.2, -0.15) is 0 Å². The Balaban J connectivity index is 1.77. The van der Waals surface area contributed by atoms with Crippen LogP contribution in [0.5, 0.6) is 0 Å². The van der Waals surface area contributed by atoms with E-state index in [1.165, 1.54) is 18.9 Å².